The average Bonchev–Trinajstić information content (AvgIpc) is 2.36. The van der Waals surface area contributed by atoms with E-state index in [0.29, 0.717) is 23.2 Å². The Labute approximate surface area is 142 Å². The van der Waals surface area contributed by atoms with Crippen molar-refractivity contribution < 1.29 is 4.79 Å². The highest BCUT2D eigenvalue weighted by molar-refractivity contribution is 5.85. The molecule has 0 aromatic rings. The molecule has 4 heteroatoms. The number of carbonyl (C=O) groups is 1. The molecule has 1 aliphatic carbocycles. The molecule has 2 aliphatic rings. The molecule has 0 aromatic heterocycles. The minimum Gasteiger partial charge on any atom is -0.343 e. The summed E-state index contributed by atoms with van der Waals surface area (Å²) in [5.74, 6) is 2.33. The second-order valence-corrected chi connectivity index (χ2v) is 8.56. The molecule has 1 saturated heterocycles. The van der Waals surface area contributed by atoms with Crippen molar-refractivity contribution >= 4 is 18.3 Å². The van der Waals surface area contributed by atoms with Crippen molar-refractivity contribution in [3.8, 4) is 0 Å². The Bertz CT molecular complexity index is 362. The Kier molecular flexibility index (Phi) is 7.20. The van der Waals surface area contributed by atoms with Crippen molar-refractivity contribution in [2.45, 2.75) is 72.3 Å². The van der Waals surface area contributed by atoms with Gasteiger partial charge >= 0.3 is 0 Å². The first-order valence-electron chi connectivity index (χ1n) is 8.80. The predicted octanol–water partition coefficient (Wildman–Crippen LogP) is 3.85. The second kappa shape index (κ2) is 8.01. The molecule has 1 aliphatic heterocycles. The van der Waals surface area contributed by atoms with Crippen molar-refractivity contribution in [2.24, 2.45) is 28.9 Å². The minimum atomic E-state index is 0. The fourth-order valence-electron chi connectivity index (χ4n) is 4.75. The SMILES string of the molecule is CC1CC(CC(=O)N2CCC(C(C)N)CC2)CC(C)(C)C1.Cl. The lowest BCUT2D eigenvalue weighted by Gasteiger charge is -2.40. The molecule has 0 radical (unpaired) electrons. The Morgan fingerprint density at radius 3 is 2.36 bits per heavy atom. The van der Waals surface area contributed by atoms with Crippen LogP contribution >= 0.6 is 12.4 Å². The van der Waals surface area contributed by atoms with E-state index in [1.807, 2.05) is 0 Å². The summed E-state index contributed by atoms with van der Waals surface area (Å²) in [6.07, 6.45) is 6.66. The lowest BCUT2D eigenvalue weighted by atomic mass is 9.67. The molecule has 1 saturated carbocycles. The number of rotatable bonds is 3. The van der Waals surface area contributed by atoms with E-state index in [0.717, 1.165) is 38.3 Å². The maximum atomic E-state index is 12.6. The minimum absolute atomic E-state index is 0. The van der Waals surface area contributed by atoms with Crippen LogP contribution in [-0.2, 0) is 4.79 Å². The Hall–Kier alpha value is -0.280. The van der Waals surface area contributed by atoms with Crippen LogP contribution in [0, 0.1) is 23.2 Å². The van der Waals surface area contributed by atoms with Gasteiger partial charge in [0.25, 0.3) is 0 Å². The highest BCUT2D eigenvalue weighted by atomic mass is 35.5. The van der Waals surface area contributed by atoms with Gasteiger partial charge in [-0.05, 0) is 62.2 Å². The summed E-state index contributed by atoms with van der Waals surface area (Å²) in [4.78, 5) is 14.6. The molecule has 2 rings (SSSR count). The third-order valence-corrected chi connectivity index (χ3v) is 5.58. The molecule has 2 N–H and O–H groups in total. The van der Waals surface area contributed by atoms with Gasteiger partial charge < -0.3 is 10.6 Å². The fraction of sp³-hybridized carbons (Fsp3) is 0.944. The number of carbonyl (C=O) groups excluding carboxylic acids is 1. The van der Waals surface area contributed by atoms with E-state index in [1.165, 1.54) is 19.3 Å². The molecule has 2 fully saturated rings. The number of likely N-dealkylation sites (tertiary alicyclic amines) is 1. The zero-order valence-electron chi connectivity index (χ0n) is 14.8. The van der Waals surface area contributed by atoms with Gasteiger partial charge in [-0.15, -0.1) is 12.4 Å². The molecule has 1 heterocycles. The van der Waals surface area contributed by atoms with Gasteiger partial charge in [-0.25, -0.2) is 0 Å². The highest BCUT2D eigenvalue weighted by Crippen LogP contribution is 2.43. The summed E-state index contributed by atoms with van der Waals surface area (Å²) >= 11 is 0. The Balaban J connectivity index is 0.00000242. The number of amides is 1. The second-order valence-electron chi connectivity index (χ2n) is 8.56. The zero-order chi connectivity index (χ0) is 15.6. The molecule has 0 aromatic carbocycles. The Morgan fingerprint density at radius 1 is 1.27 bits per heavy atom. The Morgan fingerprint density at radius 2 is 1.86 bits per heavy atom. The molecule has 0 spiro atoms. The largest absolute Gasteiger partial charge is 0.343 e. The number of halogens is 1. The zero-order valence-corrected chi connectivity index (χ0v) is 15.6. The molecule has 22 heavy (non-hydrogen) atoms. The van der Waals surface area contributed by atoms with Gasteiger partial charge in [0.05, 0.1) is 0 Å². The van der Waals surface area contributed by atoms with Crippen LogP contribution in [0.25, 0.3) is 0 Å². The van der Waals surface area contributed by atoms with Gasteiger partial charge in [-0.2, -0.15) is 0 Å². The van der Waals surface area contributed by atoms with Gasteiger partial charge in [-0.1, -0.05) is 20.8 Å². The van der Waals surface area contributed by atoms with Crippen molar-refractivity contribution in [1.29, 1.82) is 0 Å². The molecular formula is C18H35ClN2O. The summed E-state index contributed by atoms with van der Waals surface area (Å²) in [6, 6.07) is 0.266. The van der Waals surface area contributed by atoms with E-state index in [1.54, 1.807) is 0 Å². The number of nitrogens with zero attached hydrogens (tertiary/aromatic N) is 1. The van der Waals surface area contributed by atoms with Crippen molar-refractivity contribution in [1.82, 2.24) is 4.90 Å². The van der Waals surface area contributed by atoms with E-state index in [-0.39, 0.29) is 18.4 Å². The van der Waals surface area contributed by atoms with Crippen LogP contribution in [0.2, 0.25) is 0 Å². The standard InChI is InChI=1S/C18H34N2O.ClH/c1-13-9-15(12-18(3,4)11-13)10-17(21)20-7-5-16(6-8-20)14(2)19;/h13-16H,5-12,19H2,1-4H3;1H. The molecule has 3 atom stereocenters. The summed E-state index contributed by atoms with van der Waals surface area (Å²) in [5.41, 5.74) is 6.39. The van der Waals surface area contributed by atoms with E-state index >= 15 is 0 Å². The summed E-state index contributed by atoms with van der Waals surface area (Å²) in [7, 11) is 0. The summed E-state index contributed by atoms with van der Waals surface area (Å²) in [6.45, 7) is 11.0. The smallest absolute Gasteiger partial charge is 0.222 e. The quantitative estimate of drug-likeness (QED) is 0.854. The number of piperidine rings is 1. The third kappa shape index (κ3) is 5.42. The van der Waals surface area contributed by atoms with E-state index < -0.39 is 0 Å². The van der Waals surface area contributed by atoms with Crippen LogP contribution in [0.5, 0.6) is 0 Å². The average molecular weight is 331 g/mol. The summed E-state index contributed by atoms with van der Waals surface area (Å²) < 4.78 is 0. The lowest BCUT2D eigenvalue weighted by molar-refractivity contribution is -0.134. The van der Waals surface area contributed by atoms with Gasteiger partial charge in [0, 0.05) is 25.6 Å². The number of hydrogen-bond donors (Lipinski definition) is 1. The first-order valence-corrected chi connectivity index (χ1v) is 8.80. The van der Waals surface area contributed by atoms with Crippen LogP contribution in [0.15, 0.2) is 0 Å². The van der Waals surface area contributed by atoms with Gasteiger partial charge in [-0.3, -0.25) is 4.79 Å². The van der Waals surface area contributed by atoms with E-state index in [4.69, 9.17) is 5.73 Å². The number of hydrogen-bond acceptors (Lipinski definition) is 2. The van der Waals surface area contributed by atoms with Crippen LogP contribution in [0.4, 0.5) is 0 Å². The van der Waals surface area contributed by atoms with Crippen LogP contribution in [0.3, 0.4) is 0 Å². The van der Waals surface area contributed by atoms with Crippen molar-refractivity contribution in [2.75, 3.05) is 13.1 Å². The van der Waals surface area contributed by atoms with E-state index in [2.05, 4.69) is 32.6 Å². The molecule has 3 nitrogen and oxygen atoms in total. The highest BCUT2D eigenvalue weighted by Gasteiger charge is 2.34. The monoisotopic (exact) mass is 330 g/mol. The molecule has 0 bridgehead atoms. The maximum absolute atomic E-state index is 12.6. The fourth-order valence-corrected chi connectivity index (χ4v) is 4.75. The van der Waals surface area contributed by atoms with Crippen LogP contribution in [-0.4, -0.2) is 29.9 Å². The van der Waals surface area contributed by atoms with Crippen LogP contribution < -0.4 is 5.73 Å². The molecule has 3 unspecified atom stereocenters. The number of nitrogens with two attached hydrogens (primary N) is 1. The predicted molar refractivity (Wildman–Crippen MR) is 95.1 cm³/mol. The first kappa shape index (κ1) is 19.8. The topological polar surface area (TPSA) is 46.3 Å². The normalized spacial score (nSPS) is 30.5. The van der Waals surface area contributed by atoms with Crippen molar-refractivity contribution in [3.05, 3.63) is 0 Å². The molecular weight excluding hydrogens is 296 g/mol. The molecule has 130 valence electrons. The lowest BCUT2D eigenvalue weighted by Crippen LogP contribution is -2.43. The van der Waals surface area contributed by atoms with Crippen LogP contribution in [0.1, 0.15) is 66.2 Å². The third-order valence-electron chi connectivity index (χ3n) is 5.58. The van der Waals surface area contributed by atoms with Gasteiger partial charge in [0.1, 0.15) is 0 Å². The maximum Gasteiger partial charge on any atom is 0.222 e. The van der Waals surface area contributed by atoms with Gasteiger partial charge in [0.15, 0.2) is 0 Å². The van der Waals surface area contributed by atoms with Crippen molar-refractivity contribution in [3.63, 3.8) is 0 Å². The van der Waals surface area contributed by atoms with E-state index in [9.17, 15) is 4.79 Å². The van der Waals surface area contributed by atoms with Gasteiger partial charge in [0.2, 0.25) is 5.91 Å². The molecule has 1 amide bonds. The summed E-state index contributed by atoms with van der Waals surface area (Å²) in [5, 5.41) is 0. The first-order chi connectivity index (χ1) is 9.77.